The molecule has 0 spiro atoms. The monoisotopic (exact) mass is 313 g/mol. The molecule has 0 fully saturated rings. The summed E-state index contributed by atoms with van der Waals surface area (Å²) in [5.74, 6) is 0.743. The maximum absolute atomic E-state index is 12.2. The van der Waals surface area contributed by atoms with Crippen molar-refractivity contribution < 1.29 is 13.2 Å². The molecular weight excluding hydrogens is 290 g/mol. The Morgan fingerprint density at radius 2 is 2.19 bits per heavy atom. The molecule has 1 aromatic carbocycles. The van der Waals surface area contributed by atoms with Crippen molar-refractivity contribution in [3.05, 3.63) is 18.2 Å². The molecule has 1 heterocycles. The summed E-state index contributed by atoms with van der Waals surface area (Å²) < 4.78 is 32.7. The van der Waals surface area contributed by atoms with Gasteiger partial charge in [0, 0.05) is 19.6 Å². The van der Waals surface area contributed by atoms with Gasteiger partial charge in [-0.1, -0.05) is 6.92 Å². The van der Waals surface area contributed by atoms with E-state index < -0.39 is 10.0 Å². The van der Waals surface area contributed by atoms with Gasteiger partial charge in [-0.2, -0.15) is 0 Å². The molecule has 1 unspecified atom stereocenters. The van der Waals surface area contributed by atoms with Gasteiger partial charge in [-0.25, -0.2) is 13.1 Å². The van der Waals surface area contributed by atoms with Crippen molar-refractivity contribution in [2.24, 2.45) is 5.73 Å². The summed E-state index contributed by atoms with van der Waals surface area (Å²) in [6, 6.07) is 4.98. The molecule has 3 N–H and O–H groups in total. The highest BCUT2D eigenvalue weighted by Gasteiger charge is 2.25. The predicted molar refractivity (Wildman–Crippen MR) is 83.3 cm³/mol. The van der Waals surface area contributed by atoms with Crippen LogP contribution in [-0.2, 0) is 10.0 Å². The number of sulfonamides is 1. The summed E-state index contributed by atoms with van der Waals surface area (Å²) in [5, 5.41) is 0. The maximum atomic E-state index is 12.2. The van der Waals surface area contributed by atoms with Crippen LogP contribution < -0.4 is 20.1 Å². The number of ether oxygens (including phenoxy) is 1. The second-order valence-corrected chi connectivity index (χ2v) is 6.77. The molecule has 1 aliphatic heterocycles. The molecule has 0 radical (unpaired) electrons. The Morgan fingerprint density at radius 1 is 1.43 bits per heavy atom. The van der Waals surface area contributed by atoms with Crippen molar-refractivity contribution in [1.29, 1.82) is 0 Å². The molecule has 21 heavy (non-hydrogen) atoms. The van der Waals surface area contributed by atoms with Crippen LogP contribution in [0.2, 0.25) is 0 Å². The van der Waals surface area contributed by atoms with E-state index in [1.54, 1.807) is 18.2 Å². The molecule has 0 aromatic heterocycles. The first-order valence-electron chi connectivity index (χ1n) is 7.27. The van der Waals surface area contributed by atoms with Crippen LogP contribution in [-0.4, -0.2) is 40.7 Å². The molecule has 0 saturated heterocycles. The molecular formula is C14H23N3O3S. The van der Waals surface area contributed by atoms with Gasteiger partial charge in [0.15, 0.2) is 0 Å². The minimum Gasteiger partial charge on any atom is -0.486 e. The van der Waals surface area contributed by atoms with E-state index in [1.165, 1.54) is 0 Å². The van der Waals surface area contributed by atoms with Crippen molar-refractivity contribution in [2.75, 3.05) is 31.1 Å². The van der Waals surface area contributed by atoms with Gasteiger partial charge < -0.3 is 15.4 Å². The highest BCUT2D eigenvalue weighted by molar-refractivity contribution is 7.89. The van der Waals surface area contributed by atoms with E-state index in [2.05, 4.69) is 23.5 Å². The van der Waals surface area contributed by atoms with Gasteiger partial charge in [0.1, 0.15) is 11.9 Å². The second-order valence-electron chi connectivity index (χ2n) is 5.00. The Morgan fingerprint density at radius 3 is 2.81 bits per heavy atom. The quantitative estimate of drug-likeness (QED) is 0.816. The SMILES string of the molecule is CCC1CN(CC)c2cc(S(=O)(=O)NCCN)ccc2O1. The summed E-state index contributed by atoms with van der Waals surface area (Å²) in [4.78, 5) is 2.39. The number of anilines is 1. The van der Waals surface area contributed by atoms with Crippen molar-refractivity contribution in [1.82, 2.24) is 4.72 Å². The van der Waals surface area contributed by atoms with Crippen LogP contribution >= 0.6 is 0 Å². The van der Waals surface area contributed by atoms with Crippen LogP contribution in [0.15, 0.2) is 23.1 Å². The number of nitrogens with two attached hydrogens (primary N) is 1. The van der Waals surface area contributed by atoms with E-state index in [0.29, 0.717) is 0 Å². The van der Waals surface area contributed by atoms with E-state index in [-0.39, 0.29) is 24.1 Å². The third-order valence-electron chi connectivity index (χ3n) is 3.57. The topological polar surface area (TPSA) is 84.7 Å². The zero-order valence-corrected chi connectivity index (χ0v) is 13.3. The summed E-state index contributed by atoms with van der Waals surface area (Å²) in [7, 11) is -3.52. The average Bonchev–Trinajstić information content (AvgIpc) is 2.51. The fourth-order valence-electron chi connectivity index (χ4n) is 2.36. The number of hydrogen-bond acceptors (Lipinski definition) is 5. The molecule has 1 aliphatic rings. The normalized spacial score (nSPS) is 18.2. The Balaban J connectivity index is 2.34. The summed E-state index contributed by atoms with van der Waals surface area (Å²) in [6.07, 6.45) is 1.07. The second kappa shape index (κ2) is 6.64. The number of nitrogens with zero attached hydrogens (tertiary/aromatic N) is 1. The summed E-state index contributed by atoms with van der Waals surface area (Å²) >= 11 is 0. The first-order valence-corrected chi connectivity index (χ1v) is 8.75. The Labute approximate surface area is 126 Å². The van der Waals surface area contributed by atoms with Gasteiger partial charge in [0.2, 0.25) is 10.0 Å². The summed E-state index contributed by atoms with van der Waals surface area (Å²) in [5.41, 5.74) is 6.17. The molecule has 7 heteroatoms. The third-order valence-corrected chi connectivity index (χ3v) is 5.03. The minimum absolute atomic E-state index is 0.148. The highest BCUT2D eigenvalue weighted by atomic mass is 32.2. The van der Waals surface area contributed by atoms with E-state index in [9.17, 15) is 8.42 Å². The van der Waals surface area contributed by atoms with Gasteiger partial charge in [0.25, 0.3) is 0 Å². The standard InChI is InChI=1S/C14H23N3O3S/c1-3-11-10-17(4-2)13-9-12(5-6-14(13)20-11)21(18,19)16-8-7-15/h5-6,9,11,16H,3-4,7-8,10,15H2,1-2H3. The number of hydrogen-bond donors (Lipinski definition) is 2. The molecule has 0 saturated carbocycles. The molecule has 0 amide bonds. The molecule has 6 nitrogen and oxygen atoms in total. The van der Waals surface area contributed by atoms with Gasteiger partial charge in [-0.15, -0.1) is 0 Å². The fourth-order valence-corrected chi connectivity index (χ4v) is 3.43. The summed E-state index contributed by atoms with van der Waals surface area (Å²) in [6.45, 7) is 6.22. The van der Waals surface area contributed by atoms with Crippen LogP contribution in [0.1, 0.15) is 20.3 Å². The Bertz CT molecular complexity index is 589. The Kier molecular flexibility index (Phi) is 5.08. The van der Waals surface area contributed by atoms with E-state index in [4.69, 9.17) is 10.5 Å². The van der Waals surface area contributed by atoms with Crippen molar-refractivity contribution in [3.63, 3.8) is 0 Å². The largest absolute Gasteiger partial charge is 0.486 e. The van der Waals surface area contributed by atoms with Crippen LogP contribution in [0.4, 0.5) is 5.69 Å². The van der Waals surface area contributed by atoms with E-state index in [0.717, 1.165) is 30.9 Å². The number of fused-ring (bicyclic) bond motifs is 1. The smallest absolute Gasteiger partial charge is 0.240 e. The van der Waals surface area contributed by atoms with Crippen molar-refractivity contribution >= 4 is 15.7 Å². The third kappa shape index (κ3) is 3.48. The first kappa shape index (κ1) is 16.1. The van der Waals surface area contributed by atoms with E-state index in [1.807, 2.05) is 0 Å². The van der Waals surface area contributed by atoms with Gasteiger partial charge in [0.05, 0.1) is 17.1 Å². The molecule has 2 rings (SSSR count). The van der Waals surface area contributed by atoms with Crippen molar-refractivity contribution in [2.45, 2.75) is 31.3 Å². The van der Waals surface area contributed by atoms with Gasteiger partial charge in [-0.3, -0.25) is 0 Å². The zero-order chi connectivity index (χ0) is 15.5. The predicted octanol–water partition coefficient (Wildman–Crippen LogP) is 0.921. The molecule has 118 valence electrons. The highest BCUT2D eigenvalue weighted by Crippen LogP contribution is 2.35. The van der Waals surface area contributed by atoms with Gasteiger partial charge in [-0.05, 0) is 31.5 Å². The molecule has 0 bridgehead atoms. The lowest BCUT2D eigenvalue weighted by atomic mass is 10.1. The van der Waals surface area contributed by atoms with Crippen LogP contribution in [0.25, 0.3) is 0 Å². The molecule has 1 aromatic rings. The van der Waals surface area contributed by atoms with Crippen LogP contribution in [0.3, 0.4) is 0 Å². The zero-order valence-electron chi connectivity index (χ0n) is 12.5. The van der Waals surface area contributed by atoms with Crippen LogP contribution in [0, 0.1) is 0 Å². The number of rotatable bonds is 6. The lowest BCUT2D eigenvalue weighted by Gasteiger charge is -2.35. The van der Waals surface area contributed by atoms with Crippen molar-refractivity contribution in [3.8, 4) is 5.75 Å². The first-order chi connectivity index (χ1) is 10.0. The van der Waals surface area contributed by atoms with Crippen LogP contribution in [0.5, 0.6) is 5.75 Å². The number of benzene rings is 1. The van der Waals surface area contributed by atoms with E-state index >= 15 is 0 Å². The van der Waals surface area contributed by atoms with Gasteiger partial charge >= 0.3 is 0 Å². The average molecular weight is 313 g/mol. The lowest BCUT2D eigenvalue weighted by molar-refractivity contribution is 0.189. The number of nitrogens with one attached hydrogen (secondary N) is 1. The number of likely N-dealkylation sites (N-methyl/N-ethyl adjacent to an activating group) is 1. The Hall–Kier alpha value is -1.31. The minimum atomic E-state index is -3.52. The lowest BCUT2D eigenvalue weighted by Crippen LogP contribution is -2.39. The fraction of sp³-hybridized carbons (Fsp3) is 0.571. The molecule has 0 aliphatic carbocycles. The maximum Gasteiger partial charge on any atom is 0.240 e. The molecule has 1 atom stereocenters.